The largest absolute Gasteiger partial charge is 0.299 e. The molecule has 88 valence electrons. The molecule has 0 saturated heterocycles. The number of Topliss-reactive ketones (excluding diaryl/α,β-unsaturated/α-hetero) is 1. The minimum atomic E-state index is -1.18. The minimum absolute atomic E-state index is 0.0475. The normalized spacial score (nSPS) is 12.8. The monoisotopic (exact) mass is 238 g/mol. The van der Waals surface area contributed by atoms with Gasteiger partial charge in [0.25, 0.3) is 0 Å². The summed E-state index contributed by atoms with van der Waals surface area (Å²) in [5, 5.41) is 0. The third-order valence-corrected chi connectivity index (χ3v) is 3.88. The van der Waals surface area contributed by atoms with Crippen LogP contribution >= 0.6 is 0 Å². The zero-order valence-corrected chi connectivity index (χ0v) is 10.8. The van der Waals surface area contributed by atoms with Crippen LogP contribution in [0.5, 0.6) is 0 Å². The van der Waals surface area contributed by atoms with Crippen molar-refractivity contribution in [3.05, 3.63) is 29.8 Å². The van der Waals surface area contributed by atoms with Gasteiger partial charge in [0.2, 0.25) is 0 Å². The van der Waals surface area contributed by atoms with Gasteiger partial charge in [0.05, 0.1) is 16.6 Å². The maximum Gasteiger partial charge on any atom is 0.145 e. The quantitative estimate of drug-likeness (QED) is 0.790. The molecule has 0 aliphatic rings. The standard InChI is InChI=1S/C13H18O2S/c1-4-12(14)9-16(15)13-7-5-11(6-8-13)10(2)3/h5-8,10H,4,9H2,1-3H3. The molecule has 0 radical (unpaired) electrons. The van der Waals surface area contributed by atoms with Gasteiger partial charge >= 0.3 is 0 Å². The van der Waals surface area contributed by atoms with Crippen LogP contribution in [0.15, 0.2) is 29.2 Å². The highest BCUT2D eigenvalue weighted by Gasteiger charge is 2.08. The van der Waals surface area contributed by atoms with E-state index in [-0.39, 0.29) is 11.5 Å². The number of carbonyl (C=O) groups is 1. The third kappa shape index (κ3) is 3.56. The molecule has 0 aliphatic carbocycles. The molecule has 1 rings (SSSR count). The van der Waals surface area contributed by atoms with Gasteiger partial charge in [-0.25, -0.2) is 0 Å². The van der Waals surface area contributed by atoms with Gasteiger partial charge in [0, 0.05) is 11.3 Å². The Morgan fingerprint density at radius 2 is 1.81 bits per heavy atom. The molecule has 1 aromatic carbocycles. The summed E-state index contributed by atoms with van der Waals surface area (Å²) in [7, 11) is -1.18. The van der Waals surface area contributed by atoms with Crippen molar-refractivity contribution in [3.8, 4) is 0 Å². The Balaban J connectivity index is 2.74. The Kier molecular flexibility index (Phi) is 4.87. The molecule has 3 heteroatoms. The second kappa shape index (κ2) is 5.94. The fourth-order valence-electron chi connectivity index (χ4n) is 1.34. The van der Waals surface area contributed by atoms with Crippen molar-refractivity contribution >= 4 is 16.6 Å². The summed E-state index contributed by atoms with van der Waals surface area (Å²) in [6.07, 6.45) is 0.454. The fourth-order valence-corrected chi connectivity index (χ4v) is 2.44. The van der Waals surface area contributed by atoms with E-state index in [0.717, 1.165) is 4.90 Å². The second-order valence-electron chi connectivity index (χ2n) is 4.11. The number of hydrogen-bond acceptors (Lipinski definition) is 2. The summed E-state index contributed by atoms with van der Waals surface area (Å²) < 4.78 is 11.8. The molecule has 1 aromatic rings. The molecule has 0 saturated carbocycles. The van der Waals surface area contributed by atoms with E-state index in [2.05, 4.69) is 13.8 Å². The van der Waals surface area contributed by atoms with Crippen LogP contribution < -0.4 is 0 Å². The van der Waals surface area contributed by atoms with Crippen LogP contribution in [0.1, 0.15) is 38.7 Å². The minimum Gasteiger partial charge on any atom is -0.299 e. The van der Waals surface area contributed by atoms with Gasteiger partial charge in [-0.3, -0.25) is 9.00 Å². The van der Waals surface area contributed by atoms with Gasteiger partial charge in [0.1, 0.15) is 5.78 Å². The van der Waals surface area contributed by atoms with Gasteiger partial charge in [0.15, 0.2) is 0 Å². The summed E-state index contributed by atoms with van der Waals surface area (Å²) in [5.74, 6) is 0.656. The lowest BCUT2D eigenvalue weighted by atomic mass is 10.0. The van der Waals surface area contributed by atoms with Crippen molar-refractivity contribution < 1.29 is 9.00 Å². The number of carbonyl (C=O) groups excluding carboxylic acids is 1. The van der Waals surface area contributed by atoms with Gasteiger partial charge in [-0.15, -0.1) is 0 Å². The van der Waals surface area contributed by atoms with Crippen molar-refractivity contribution in [2.75, 3.05) is 5.75 Å². The van der Waals surface area contributed by atoms with Crippen LogP contribution in [0.3, 0.4) is 0 Å². The second-order valence-corrected chi connectivity index (χ2v) is 5.56. The molecule has 1 atom stereocenters. The van der Waals surface area contributed by atoms with Crippen molar-refractivity contribution in [2.45, 2.75) is 38.0 Å². The molecule has 2 nitrogen and oxygen atoms in total. The zero-order valence-electron chi connectivity index (χ0n) is 10.0. The van der Waals surface area contributed by atoms with E-state index in [4.69, 9.17) is 0 Å². The predicted octanol–water partition coefficient (Wildman–Crippen LogP) is 2.90. The number of ketones is 1. The van der Waals surface area contributed by atoms with Crippen molar-refractivity contribution in [2.24, 2.45) is 0 Å². The third-order valence-electron chi connectivity index (χ3n) is 2.50. The highest BCUT2D eigenvalue weighted by molar-refractivity contribution is 7.85. The van der Waals surface area contributed by atoms with Crippen LogP contribution in [0.4, 0.5) is 0 Å². The highest BCUT2D eigenvalue weighted by atomic mass is 32.2. The van der Waals surface area contributed by atoms with Crippen molar-refractivity contribution in [3.63, 3.8) is 0 Å². The van der Waals surface area contributed by atoms with Crippen molar-refractivity contribution in [1.29, 1.82) is 0 Å². The van der Waals surface area contributed by atoms with E-state index in [0.29, 0.717) is 12.3 Å². The Morgan fingerprint density at radius 3 is 2.25 bits per heavy atom. The SMILES string of the molecule is CCC(=O)CS(=O)c1ccc(C(C)C)cc1. The molecule has 0 N–H and O–H groups in total. The van der Waals surface area contributed by atoms with Gasteiger partial charge in [-0.1, -0.05) is 32.9 Å². The molecule has 16 heavy (non-hydrogen) atoms. The van der Waals surface area contributed by atoms with Crippen LogP contribution in [0, 0.1) is 0 Å². The number of benzene rings is 1. The summed E-state index contributed by atoms with van der Waals surface area (Å²) in [5.41, 5.74) is 1.22. The highest BCUT2D eigenvalue weighted by Crippen LogP contribution is 2.16. The Morgan fingerprint density at radius 1 is 1.25 bits per heavy atom. The lowest BCUT2D eigenvalue weighted by molar-refractivity contribution is -0.116. The molecule has 0 heterocycles. The first-order chi connectivity index (χ1) is 7.54. The first-order valence-electron chi connectivity index (χ1n) is 5.54. The van der Waals surface area contributed by atoms with Gasteiger partial charge in [-0.2, -0.15) is 0 Å². The van der Waals surface area contributed by atoms with E-state index in [9.17, 15) is 9.00 Å². The van der Waals surface area contributed by atoms with E-state index in [1.54, 1.807) is 6.92 Å². The molecule has 0 aliphatic heterocycles. The molecule has 0 aromatic heterocycles. The van der Waals surface area contributed by atoms with Crippen LogP contribution in [0.2, 0.25) is 0 Å². The topological polar surface area (TPSA) is 34.1 Å². The summed E-state index contributed by atoms with van der Waals surface area (Å²) in [6, 6.07) is 7.67. The molecule has 0 spiro atoms. The summed E-state index contributed by atoms with van der Waals surface area (Å²) >= 11 is 0. The zero-order chi connectivity index (χ0) is 12.1. The van der Waals surface area contributed by atoms with Crippen LogP contribution in [-0.2, 0) is 15.6 Å². The van der Waals surface area contributed by atoms with Gasteiger partial charge in [-0.05, 0) is 23.6 Å². The smallest absolute Gasteiger partial charge is 0.145 e. The Hall–Kier alpha value is -0.960. The average molecular weight is 238 g/mol. The molecule has 0 bridgehead atoms. The van der Waals surface area contributed by atoms with Crippen molar-refractivity contribution in [1.82, 2.24) is 0 Å². The van der Waals surface area contributed by atoms with Crippen LogP contribution in [0.25, 0.3) is 0 Å². The Labute approximate surface area is 99.5 Å². The molecule has 0 fully saturated rings. The summed E-state index contributed by atoms with van der Waals surface area (Å²) in [6.45, 7) is 6.03. The van der Waals surface area contributed by atoms with Gasteiger partial charge < -0.3 is 0 Å². The Bertz CT molecular complexity index is 379. The maximum absolute atomic E-state index is 11.8. The molecular weight excluding hydrogens is 220 g/mol. The molecule has 1 unspecified atom stereocenters. The van der Waals surface area contributed by atoms with E-state index >= 15 is 0 Å². The molecule has 0 amide bonds. The lowest BCUT2D eigenvalue weighted by Crippen LogP contribution is -2.09. The molecular formula is C13H18O2S. The average Bonchev–Trinajstić information content (AvgIpc) is 2.28. The lowest BCUT2D eigenvalue weighted by Gasteiger charge is -2.06. The van der Waals surface area contributed by atoms with Crippen LogP contribution in [-0.4, -0.2) is 15.7 Å². The maximum atomic E-state index is 11.8. The predicted molar refractivity (Wildman–Crippen MR) is 67.1 cm³/mol. The summed E-state index contributed by atoms with van der Waals surface area (Å²) in [4.78, 5) is 11.9. The fraction of sp³-hybridized carbons (Fsp3) is 0.462. The van der Waals surface area contributed by atoms with E-state index in [1.165, 1.54) is 5.56 Å². The first-order valence-corrected chi connectivity index (χ1v) is 6.86. The number of rotatable bonds is 5. The van der Waals surface area contributed by atoms with E-state index in [1.807, 2.05) is 24.3 Å². The first kappa shape index (κ1) is 13.1. The number of hydrogen-bond donors (Lipinski definition) is 0. The van der Waals surface area contributed by atoms with E-state index < -0.39 is 10.8 Å².